The summed E-state index contributed by atoms with van der Waals surface area (Å²) in [6, 6.07) is 4.93. The Morgan fingerprint density at radius 2 is 2.19 bits per heavy atom. The molecule has 0 radical (unpaired) electrons. The summed E-state index contributed by atoms with van der Waals surface area (Å²) in [6.07, 6.45) is 0. The first-order valence-corrected chi connectivity index (χ1v) is 8.13. The number of nitrogens with two attached hydrogens (primary N) is 1. The van der Waals surface area contributed by atoms with Gasteiger partial charge in [-0.2, -0.15) is 0 Å². The molecule has 5 nitrogen and oxygen atoms in total. The average Bonchev–Trinajstić information content (AvgIpc) is 2.92. The van der Waals surface area contributed by atoms with E-state index in [4.69, 9.17) is 15.2 Å². The van der Waals surface area contributed by atoms with Crippen molar-refractivity contribution in [3.05, 3.63) is 22.2 Å². The van der Waals surface area contributed by atoms with Crippen LogP contribution in [0.5, 0.6) is 11.5 Å². The number of likely N-dealkylation sites (N-methyl/N-ethyl adjacent to an activating group) is 1. The Kier molecular flexibility index (Phi) is 4.40. The summed E-state index contributed by atoms with van der Waals surface area (Å²) in [6.45, 7) is 6.29. The van der Waals surface area contributed by atoms with Gasteiger partial charge in [-0.05, 0) is 47.6 Å². The number of halogens is 1. The zero-order valence-electron chi connectivity index (χ0n) is 12.5. The van der Waals surface area contributed by atoms with Crippen molar-refractivity contribution < 1.29 is 9.47 Å². The zero-order chi connectivity index (χ0) is 15.0. The maximum atomic E-state index is 6.07. The third-order valence-electron chi connectivity index (χ3n) is 4.49. The molecule has 1 fully saturated rings. The first kappa shape index (κ1) is 15.1. The second kappa shape index (κ2) is 6.12. The van der Waals surface area contributed by atoms with E-state index in [1.54, 1.807) is 0 Å². The molecule has 2 heterocycles. The molecule has 3 rings (SSSR count). The fraction of sp³-hybridized carbons (Fsp3) is 0.600. The normalized spacial score (nSPS) is 24.3. The molecule has 0 saturated carbocycles. The molecule has 1 saturated heterocycles. The lowest BCUT2D eigenvalue weighted by molar-refractivity contribution is 0.0740. The summed E-state index contributed by atoms with van der Waals surface area (Å²) in [5.41, 5.74) is 7.25. The fourth-order valence-electron chi connectivity index (χ4n) is 3.04. The smallest absolute Gasteiger partial charge is 0.231 e. The van der Waals surface area contributed by atoms with Gasteiger partial charge in [0.2, 0.25) is 6.79 Å². The van der Waals surface area contributed by atoms with E-state index in [9.17, 15) is 0 Å². The number of rotatable bonds is 3. The average molecular weight is 356 g/mol. The van der Waals surface area contributed by atoms with E-state index in [2.05, 4.69) is 51.8 Å². The van der Waals surface area contributed by atoms with Gasteiger partial charge in [-0.1, -0.05) is 0 Å². The lowest BCUT2D eigenvalue weighted by atomic mass is 10.0. The van der Waals surface area contributed by atoms with Crippen LogP contribution in [0.3, 0.4) is 0 Å². The molecule has 2 aliphatic heterocycles. The Morgan fingerprint density at radius 3 is 2.90 bits per heavy atom. The molecule has 0 bridgehead atoms. The van der Waals surface area contributed by atoms with Crippen LogP contribution in [-0.4, -0.2) is 55.9 Å². The van der Waals surface area contributed by atoms with Crippen LogP contribution >= 0.6 is 15.9 Å². The van der Waals surface area contributed by atoms with Crippen molar-refractivity contribution in [1.29, 1.82) is 0 Å². The zero-order valence-corrected chi connectivity index (χ0v) is 14.1. The van der Waals surface area contributed by atoms with Crippen LogP contribution in [0.15, 0.2) is 16.6 Å². The predicted octanol–water partition coefficient (Wildman–Crippen LogP) is 1.81. The molecule has 2 atom stereocenters. The summed E-state index contributed by atoms with van der Waals surface area (Å²) >= 11 is 3.57. The molecule has 0 spiro atoms. The second-order valence-electron chi connectivity index (χ2n) is 5.81. The Hall–Kier alpha value is -0.820. The van der Waals surface area contributed by atoms with Gasteiger partial charge in [0.05, 0.1) is 4.47 Å². The summed E-state index contributed by atoms with van der Waals surface area (Å²) in [7, 11) is 2.18. The van der Waals surface area contributed by atoms with Crippen molar-refractivity contribution >= 4 is 15.9 Å². The fourth-order valence-corrected chi connectivity index (χ4v) is 3.61. The topological polar surface area (TPSA) is 51.0 Å². The number of piperazine rings is 1. The maximum Gasteiger partial charge on any atom is 0.231 e. The van der Waals surface area contributed by atoms with Crippen LogP contribution in [0.25, 0.3) is 0 Å². The number of benzene rings is 1. The minimum Gasteiger partial charge on any atom is -0.454 e. The van der Waals surface area contributed by atoms with Crippen molar-refractivity contribution in [2.24, 2.45) is 5.73 Å². The lowest BCUT2D eigenvalue weighted by Gasteiger charge is -2.41. The standard InChI is InChI=1S/C15H22BrN3O2/c1-10-8-19(4-3-18(10)2)13(7-17)11-5-12(16)15-14(6-11)20-9-21-15/h5-6,10,13H,3-4,7-9,17H2,1-2H3. The Morgan fingerprint density at radius 1 is 1.38 bits per heavy atom. The van der Waals surface area contributed by atoms with Gasteiger partial charge in [-0.3, -0.25) is 4.90 Å². The lowest BCUT2D eigenvalue weighted by Crippen LogP contribution is -2.52. The van der Waals surface area contributed by atoms with Crippen molar-refractivity contribution in [2.45, 2.75) is 19.0 Å². The molecule has 1 aromatic rings. The summed E-state index contributed by atoms with van der Waals surface area (Å²) < 4.78 is 11.9. The summed E-state index contributed by atoms with van der Waals surface area (Å²) in [4.78, 5) is 4.86. The van der Waals surface area contributed by atoms with E-state index in [0.29, 0.717) is 12.6 Å². The number of ether oxygens (including phenoxy) is 2. The van der Waals surface area contributed by atoms with Gasteiger partial charge in [-0.25, -0.2) is 0 Å². The number of fused-ring (bicyclic) bond motifs is 1. The van der Waals surface area contributed by atoms with Crippen LogP contribution in [0, 0.1) is 0 Å². The van der Waals surface area contributed by atoms with Crippen LogP contribution in [0.2, 0.25) is 0 Å². The van der Waals surface area contributed by atoms with Crippen LogP contribution in [-0.2, 0) is 0 Å². The van der Waals surface area contributed by atoms with Gasteiger partial charge in [-0.15, -0.1) is 0 Å². The van der Waals surface area contributed by atoms with Crippen LogP contribution in [0.1, 0.15) is 18.5 Å². The van der Waals surface area contributed by atoms with Crippen molar-refractivity contribution in [3.63, 3.8) is 0 Å². The molecule has 2 aliphatic rings. The highest BCUT2D eigenvalue weighted by Gasteiger charge is 2.28. The van der Waals surface area contributed by atoms with Crippen molar-refractivity contribution in [2.75, 3.05) is 40.0 Å². The second-order valence-corrected chi connectivity index (χ2v) is 6.67. The van der Waals surface area contributed by atoms with Crippen molar-refractivity contribution in [3.8, 4) is 11.5 Å². The molecule has 1 aromatic carbocycles. The maximum absolute atomic E-state index is 6.07. The number of hydrogen-bond acceptors (Lipinski definition) is 5. The monoisotopic (exact) mass is 355 g/mol. The van der Waals surface area contributed by atoms with Crippen molar-refractivity contribution in [1.82, 2.24) is 9.80 Å². The van der Waals surface area contributed by atoms with Gasteiger partial charge < -0.3 is 20.1 Å². The van der Waals surface area contributed by atoms with Gasteiger partial charge in [0, 0.05) is 38.3 Å². The Labute approximate surface area is 134 Å². The highest BCUT2D eigenvalue weighted by Crippen LogP contribution is 2.42. The minimum atomic E-state index is 0.215. The van der Waals surface area contributed by atoms with E-state index < -0.39 is 0 Å². The molecule has 0 aromatic heterocycles. The first-order chi connectivity index (χ1) is 10.1. The minimum absolute atomic E-state index is 0.215. The molecule has 21 heavy (non-hydrogen) atoms. The molecule has 6 heteroatoms. The largest absolute Gasteiger partial charge is 0.454 e. The Bertz CT molecular complexity index is 526. The molecular formula is C15H22BrN3O2. The quantitative estimate of drug-likeness (QED) is 0.895. The van der Waals surface area contributed by atoms with E-state index in [0.717, 1.165) is 35.6 Å². The van der Waals surface area contributed by atoms with Crippen LogP contribution in [0.4, 0.5) is 0 Å². The molecule has 0 amide bonds. The van der Waals surface area contributed by atoms with Gasteiger partial charge in [0.15, 0.2) is 11.5 Å². The van der Waals surface area contributed by atoms with Gasteiger partial charge >= 0.3 is 0 Å². The Balaban J connectivity index is 1.85. The third kappa shape index (κ3) is 2.90. The van der Waals surface area contributed by atoms with E-state index in [1.807, 2.05) is 0 Å². The highest BCUT2D eigenvalue weighted by molar-refractivity contribution is 9.10. The molecule has 116 valence electrons. The predicted molar refractivity (Wildman–Crippen MR) is 85.7 cm³/mol. The SMILES string of the molecule is CC1CN(C(CN)c2cc(Br)c3c(c2)OCO3)CCN1C. The third-order valence-corrected chi connectivity index (χ3v) is 5.08. The number of hydrogen-bond donors (Lipinski definition) is 1. The van der Waals surface area contributed by atoms with Gasteiger partial charge in [0.1, 0.15) is 0 Å². The first-order valence-electron chi connectivity index (χ1n) is 7.33. The van der Waals surface area contributed by atoms with Crippen LogP contribution < -0.4 is 15.2 Å². The molecule has 0 aliphatic carbocycles. The van der Waals surface area contributed by atoms with E-state index in [1.165, 1.54) is 5.56 Å². The van der Waals surface area contributed by atoms with E-state index >= 15 is 0 Å². The number of nitrogens with zero attached hydrogens (tertiary/aromatic N) is 2. The van der Waals surface area contributed by atoms with E-state index in [-0.39, 0.29) is 12.8 Å². The summed E-state index contributed by atoms with van der Waals surface area (Å²) in [5.74, 6) is 1.60. The molecular weight excluding hydrogens is 334 g/mol. The molecule has 2 unspecified atom stereocenters. The van der Waals surface area contributed by atoms with Gasteiger partial charge in [0.25, 0.3) is 0 Å². The highest BCUT2D eigenvalue weighted by atomic mass is 79.9. The molecule has 2 N–H and O–H groups in total. The summed E-state index contributed by atoms with van der Waals surface area (Å²) in [5, 5.41) is 0.